The second-order valence-corrected chi connectivity index (χ2v) is 4.91. The van der Waals surface area contributed by atoms with Crippen LogP contribution in [0, 0.1) is 0 Å². The Morgan fingerprint density at radius 3 is 2.75 bits per heavy atom. The van der Waals surface area contributed by atoms with Crippen molar-refractivity contribution in [3.05, 3.63) is 54.4 Å². The predicted molar refractivity (Wildman–Crippen MR) is 77.0 cm³/mol. The number of benzene rings is 1. The molecule has 1 aromatic carbocycles. The van der Waals surface area contributed by atoms with Crippen molar-refractivity contribution < 1.29 is 9.47 Å². The lowest BCUT2D eigenvalue weighted by Gasteiger charge is -2.27. The first-order valence-corrected chi connectivity index (χ1v) is 6.85. The maximum atomic E-state index is 5.92. The van der Waals surface area contributed by atoms with Gasteiger partial charge in [-0.2, -0.15) is 0 Å². The first-order chi connectivity index (χ1) is 9.83. The second-order valence-electron chi connectivity index (χ2n) is 4.91. The molecule has 0 fully saturated rings. The van der Waals surface area contributed by atoms with Gasteiger partial charge in [0.05, 0.1) is 0 Å². The molecule has 2 aromatic rings. The number of fused-ring (bicyclic) bond motifs is 1. The van der Waals surface area contributed by atoms with Crippen LogP contribution in [0.1, 0.15) is 18.5 Å². The topological polar surface area (TPSA) is 43.4 Å². The van der Waals surface area contributed by atoms with Crippen LogP contribution in [0.25, 0.3) is 0 Å². The SMILES string of the molecule is CC(NCC1COc2ccccc2O1)c1ccncc1. The molecule has 104 valence electrons. The summed E-state index contributed by atoms with van der Waals surface area (Å²) in [5.41, 5.74) is 1.22. The van der Waals surface area contributed by atoms with E-state index in [1.807, 2.05) is 48.8 Å². The summed E-state index contributed by atoms with van der Waals surface area (Å²) in [5, 5.41) is 3.47. The van der Waals surface area contributed by atoms with Gasteiger partial charge in [0.25, 0.3) is 0 Å². The predicted octanol–water partition coefficient (Wildman–Crippen LogP) is 2.57. The Hall–Kier alpha value is -2.07. The van der Waals surface area contributed by atoms with E-state index in [9.17, 15) is 0 Å². The van der Waals surface area contributed by atoms with Gasteiger partial charge < -0.3 is 14.8 Å². The van der Waals surface area contributed by atoms with E-state index < -0.39 is 0 Å². The number of para-hydroxylation sites is 2. The number of hydrogen-bond donors (Lipinski definition) is 1. The summed E-state index contributed by atoms with van der Waals surface area (Å²) in [4.78, 5) is 4.03. The monoisotopic (exact) mass is 270 g/mol. The van der Waals surface area contributed by atoms with Crippen LogP contribution >= 0.6 is 0 Å². The van der Waals surface area contributed by atoms with E-state index >= 15 is 0 Å². The van der Waals surface area contributed by atoms with Crippen molar-refractivity contribution in [3.63, 3.8) is 0 Å². The number of pyridine rings is 1. The van der Waals surface area contributed by atoms with Crippen molar-refractivity contribution in [1.29, 1.82) is 0 Å². The zero-order chi connectivity index (χ0) is 13.8. The Labute approximate surface area is 118 Å². The molecule has 1 aliphatic heterocycles. The average Bonchev–Trinajstić information content (AvgIpc) is 2.53. The first-order valence-electron chi connectivity index (χ1n) is 6.85. The van der Waals surface area contributed by atoms with E-state index in [0.29, 0.717) is 6.61 Å². The average molecular weight is 270 g/mol. The first kappa shape index (κ1) is 12.9. The Balaban J connectivity index is 1.55. The van der Waals surface area contributed by atoms with Crippen molar-refractivity contribution in [2.75, 3.05) is 13.2 Å². The van der Waals surface area contributed by atoms with Gasteiger partial charge in [0, 0.05) is 25.0 Å². The third-order valence-corrected chi connectivity index (χ3v) is 3.43. The molecule has 0 amide bonds. The van der Waals surface area contributed by atoms with Crippen LogP contribution < -0.4 is 14.8 Å². The molecular weight excluding hydrogens is 252 g/mol. The molecule has 0 saturated heterocycles. The Kier molecular flexibility index (Phi) is 3.83. The van der Waals surface area contributed by atoms with Gasteiger partial charge in [-0.15, -0.1) is 0 Å². The maximum absolute atomic E-state index is 5.92. The number of hydrogen-bond acceptors (Lipinski definition) is 4. The lowest BCUT2D eigenvalue weighted by molar-refractivity contribution is 0.0886. The lowest BCUT2D eigenvalue weighted by atomic mass is 10.1. The highest BCUT2D eigenvalue weighted by molar-refractivity contribution is 5.40. The van der Waals surface area contributed by atoms with E-state index in [0.717, 1.165) is 18.0 Å². The molecule has 2 atom stereocenters. The van der Waals surface area contributed by atoms with Gasteiger partial charge in [0.1, 0.15) is 12.7 Å². The van der Waals surface area contributed by atoms with Crippen molar-refractivity contribution in [3.8, 4) is 11.5 Å². The van der Waals surface area contributed by atoms with Crippen LogP contribution in [0.15, 0.2) is 48.8 Å². The van der Waals surface area contributed by atoms with E-state index in [1.54, 1.807) is 0 Å². The quantitative estimate of drug-likeness (QED) is 0.927. The van der Waals surface area contributed by atoms with Gasteiger partial charge in [0.2, 0.25) is 0 Å². The largest absolute Gasteiger partial charge is 0.486 e. The fourth-order valence-electron chi connectivity index (χ4n) is 2.24. The molecule has 0 radical (unpaired) electrons. The van der Waals surface area contributed by atoms with Crippen molar-refractivity contribution in [2.45, 2.75) is 19.1 Å². The molecule has 1 aromatic heterocycles. The Morgan fingerprint density at radius 1 is 1.20 bits per heavy atom. The van der Waals surface area contributed by atoms with Crippen LogP contribution in [0.2, 0.25) is 0 Å². The smallest absolute Gasteiger partial charge is 0.161 e. The highest BCUT2D eigenvalue weighted by atomic mass is 16.6. The molecule has 2 heterocycles. The van der Waals surface area contributed by atoms with Crippen molar-refractivity contribution in [1.82, 2.24) is 10.3 Å². The van der Waals surface area contributed by atoms with E-state index in [4.69, 9.17) is 9.47 Å². The molecule has 2 unspecified atom stereocenters. The number of nitrogens with one attached hydrogen (secondary N) is 1. The van der Waals surface area contributed by atoms with Crippen LogP contribution in [-0.2, 0) is 0 Å². The van der Waals surface area contributed by atoms with Gasteiger partial charge in [0.15, 0.2) is 11.5 Å². The molecule has 3 rings (SSSR count). The minimum absolute atomic E-state index is 0.0363. The van der Waals surface area contributed by atoms with Crippen LogP contribution in [0.4, 0.5) is 0 Å². The summed E-state index contributed by atoms with van der Waals surface area (Å²) in [6.07, 6.45) is 3.66. The molecule has 1 N–H and O–H groups in total. The standard InChI is InChI=1S/C16H18N2O2/c1-12(13-6-8-17-9-7-13)18-10-14-11-19-15-4-2-3-5-16(15)20-14/h2-9,12,14,18H,10-11H2,1H3. The second kappa shape index (κ2) is 5.92. The summed E-state index contributed by atoms with van der Waals surface area (Å²) in [5.74, 6) is 1.65. The third-order valence-electron chi connectivity index (χ3n) is 3.43. The summed E-state index contributed by atoms with van der Waals surface area (Å²) in [7, 11) is 0. The number of ether oxygens (including phenoxy) is 2. The summed E-state index contributed by atoms with van der Waals surface area (Å²) < 4.78 is 11.6. The van der Waals surface area contributed by atoms with Crippen molar-refractivity contribution in [2.24, 2.45) is 0 Å². The fourth-order valence-corrected chi connectivity index (χ4v) is 2.24. The van der Waals surface area contributed by atoms with Crippen molar-refractivity contribution >= 4 is 0 Å². The highest BCUT2D eigenvalue weighted by Crippen LogP contribution is 2.30. The van der Waals surface area contributed by atoms with Gasteiger partial charge in [-0.25, -0.2) is 0 Å². The molecule has 0 spiro atoms. The normalized spacial score (nSPS) is 18.6. The molecule has 4 heteroatoms. The van der Waals surface area contributed by atoms with Crippen LogP contribution in [-0.4, -0.2) is 24.2 Å². The van der Waals surface area contributed by atoms with E-state index in [2.05, 4.69) is 17.2 Å². The molecule has 4 nitrogen and oxygen atoms in total. The minimum Gasteiger partial charge on any atom is -0.486 e. The molecule has 1 aliphatic rings. The summed E-state index contributed by atoms with van der Waals surface area (Å²) in [6.45, 7) is 3.46. The Bertz CT molecular complexity index is 559. The Morgan fingerprint density at radius 2 is 1.95 bits per heavy atom. The minimum atomic E-state index is 0.0363. The summed E-state index contributed by atoms with van der Waals surface area (Å²) >= 11 is 0. The van der Waals surface area contributed by atoms with Gasteiger partial charge in [-0.1, -0.05) is 12.1 Å². The van der Waals surface area contributed by atoms with Crippen LogP contribution in [0.3, 0.4) is 0 Å². The zero-order valence-corrected chi connectivity index (χ0v) is 11.5. The third kappa shape index (κ3) is 2.91. The molecule has 0 aliphatic carbocycles. The van der Waals surface area contributed by atoms with Gasteiger partial charge in [-0.3, -0.25) is 4.98 Å². The fraction of sp³-hybridized carbons (Fsp3) is 0.312. The molecule has 0 saturated carbocycles. The zero-order valence-electron chi connectivity index (χ0n) is 11.5. The van der Waals surface area contributed by atoms with Gasteiger partial charge >= 0.3 is 0 Å². The van der Waals surface area contributed by atoms with E-state index in [1.165, 1.54) is 5.56 Å². The molecule has 20 heavy (non-hydrogen) atoms. The maximum Gasteiger partial charge on any atom is 0.161 e. The van der Waals surface area contributed by atoms with Crippen LogP contribution in [0.5, 0.6) is 11.5 Å². The number of nitrogens with zero attached hydrogens (tertiary/aromatic N) is 1. The number of aromatic nitrogens is 1. The molecular formula is C16H18N2O2. The molecule has 0 bridgehead atoms. The lowest BCUT2D eigenvalue weighted by Crippen LogP contribution is -2.39. The van der Waals surface area contributed by atoms with Gasteiger partial charge in [-0.05, 0) is 36.8 Å². The number of rotatable bonds is 4. The summed E-state index contributed by atoms with van der Waals surface area (Å²) in [6, 6.07) is 12.1. The van der Waals surface area contributed by atoms with E-state index in [-0.39, 0.29) is 12.1 Å². The highest BCUT2D eigenvalue weighted by Gasteiger charge is 2.20.